The summed E-state index contributed by atoms with van der Waals surface area (Å²) < 4.78 is 5.97. The third kappa shape index (κ3) is 3.29. The average Bonchev–Trinajstić information content (AvgIpc) is 2.96. The first-order valence-electron chi connectivity index (χ1n) is 6.92. The molecule has 1 aliphatic rings. The lowest BCUT2D eigenvalue weighted by Gasteiger charge is -2.19. The predicted molar refractivity (Wildman–Crippen MR) is 83.9 cm³/mol. The van der Waals surface area contributed by atoms with Gasteiger partial charge >= 0.3 is 0 Å². The maximum atomic E-state index is 8.83. The van der Waals surface area contributed by atoms with E-state index in [1.807, 2.05) is 48.5 Å². The normalized spacial score (nSPS) is 17.5. The van der Waals surface area contributed by atoms with Crippen LogP contribution in [0.4, 0.5) is 5.69 Å². The molecule has 3 nitrogen and oxygen atoms in total. The quantitative estimate of drug-likeness (QED) is 0.863. The number of rotatable bonds is 3. The van der Waals surface area contributed by atoms with Crippen molar-refractivity contribution in [2.75, 3.05) is 18.0 Å². The number of benzene rings is 2. The Kier molecular flexibility index (Phi) is 3.98. The number of nitrogens with zero attached hydrogens (tertiary/aromatic N) is 2. The van der Waals surface area contributed by atoms with Crippen LogP contribution >= 0.6 is 11.6 Å². The Bertz CT molecular complexity index is 663. The van der Waals surface area contributed by atoms with E-state index in [4.69, 9.17) is 21.6 Å². The highest BCUT2D eigenvalue weighted by Gasteiger charge is 2.24. The lowest BCUT2D eigenvalue weighted by atomic mass is 10.2. The number of hydrogen-bond donors (Lipinski definition) is 0. The summed E-state index contributed by atoms with van der Waals surface area (Å²) >= 11 is 5.97. The van der Waals surface area contributed by atoms with E-state index in [2.05, 4.69) is 11.0 Å². The van der Waals surface area contributed by atoms with E-state index in [0.29, 0.717) is 10.6 Å². The Labute approximate surface area is 129 Å². The molecule has 3 rings (SSSR count). The van der Waals surface area contributed by atoms with Crippen molar-refractivity contribution in [3.63, 3.8) is 0 Å². The van der Waals surface area contributed by atoms with Crippen molar-refractivity contribution in [1.82, 2.24) is 0 Å². The van der Waals surface area contributed by atoms with Crippen LogP contribution in [-0.4, -0.2) is 19.2 Å². The fourth-order valence-corrected chi connectivity index (χ4v) is 2.72. The van der Waals surface area contributed by atoms with E-state index in [1.54, 1.807) is 0 Å². The lowest BCUT2D eigenvalue weighted by molar-refractivity contribution is 0.225. The van der Waals surface area contributed by atoms with Crippen LogP contribution in [0.15, 0.2) is 48.5 Å². The summed E-state index contributed by atoms with van der Waals surface area (Å²) in [5.41, 5.74) is 1.82. The van der Waals surface area contributed by atoms with Crippen molar-refractivity contribution in [3.8, 4) is 11.8 Å². The highest BCUT2D eigenvalue weighted by Crippen LogP contribution is 2.25. The van der Waals surface area contributed by atoms with Gasteiger partial charge in [-0.05, 0) is 42.5 Å². The maximum Gasteiger partial charge on any atom is 0.121 e. The second-order valence-electron chi connectivity index (χ2n) is 5.09. The number of halogens is 1. The summed E-state index contributed by atoms with van der Waals surface area (Å²) in [4.78, 5) is 2.27. The van der Waals surface area contributed by atoms with Crippen LogP contribution in [0.2, 0.25) is 5.02 Å². The fraction of sp³-hybridized carbons (Fsp3) is 0.235. The molecule has 0 saturated carbocycles. The van der Waals surface area contributed by atoms with Crippen molar-refractivity contribution in [2.24, 2.45) is 0 Å². The summed E-state index contributed by atoms with van der Waals surface area (Å²) in [7, 11) is 0. The molecule has 2 aromatic rings. The molecule has 0 N–H and O–H groups in total. The minimum Gasteiger partial charge on any atom is -0.488 e. The molecule has 2 aromatic carbocycles. The molecule has 1 unspecified atom stereocenters. The molecule has 1 atom stereocenters. The maximum absolute atomic E-state index is 8.83. The molecular formula is C17H15ClN2O. The average molecular weight is 299 g/mol. The van der Waals surface area contributed by atoms with Gasteiger partial charge in [0.25, 0.3) is 0 Å². The Balaban J connectivity index is 1.63. The molecule has 1 aliphatic heterocycles. The van der Waals surface area contributed by atoms with Crippen molar-refractivity contribution in [2.45, 2.75) is 12.5 Å². The predicted octanol–water partition coefficient (Wildman–Crippen LogP) is 3.87. The van der Waals surface area contributed by atoms with Gasteiger partial charge in [0.2, 0.25) is 0 Å². The first-order chi connectivity index (χ1) is 10.2. The second-order valence-corrected chi connectivity index (χ2v) is 5.53. The lowest BCUT2D eigenvalue weighted by Crippen LogP contribution is -2.24. The van der Waals surface area contributed by atoms with Gasteiger partial charge in [0.05, 0.1) is 18.2 Å². The molecule has 0 amide bonds. The molecule has 0 aromatic heterocycles. The zero-order chi connectivity index (χ0) is 14.7. The van der Waals surface area contributed by atoms with Gasteiger partial charge in [-0.3, -0.25) is 0 Å². The minimum atomic E-state index is 0.166. The molecule has 0 aliphatic carbocycles. The molecule has 1 heterocycles. The number of anilines is 1. The number of nitriles is 1. The van der Waals surface area contributed by atoms with E-state index in [0.717, 1.165) is 30.9 Å². The van der Waals surface area contributed by atoms with Crippen molar-refractivity contribution < 1.29 is 4.74 Å². The molecule has 4 heteroatoms. The van der Waals surface area contributed by atoms with E-state index in [9.17, 15) is 0 Å². The van der Waals surface area contributed by atoms with E-state index < -0.39 is 0 Å². The molecule has 0 bridgehead atoms. The summed E-state index contributed by atoms with van der Waals surface area (Å²) in [5, 5.41) is 9.52. The number of hydrogen-bond acceptors (Lipinski definition) is 3. The van der Waals surface area contributed by atoms with E-state index in [-0.39, 0.29) is 6.10 Å². The summed E-state index contributed by atoms with van der Waals surface area (Å²) in [5.74, 6) is 0.814. The van der Waals surface area contributed by atoms with Gasteiger partial charge in [-0.15, -0.1) is 0 Å². The van der Waals surface area contributed by atoms with E-state index in [1.165, 1.54) is 0 Å². The highest BCUT2D eigenvalue weighted by molar-refractivity contribution is 6.30. The molecule has 1 fully saturated rings. The molecule has 106 valence electrons. The molecule has 0 spiro atoms. The summed E-state index contributed by atoms with van der Waals surface area (Å²) in [6, 6.07) is 17.3. The van der Waals surface area contributed by atoms with Crippen LogP contribution in [-0.2, 0) is 0 Å². The highest BCUT2D eigenvalue weighted by atomic mass is 35.5. The van der Waals surface area contributed by atoms with Crippen molar-refractivity contribution in [1.29, 1.82) is 5.26 Å². The number of ether oxygens (including phenoxy) is 1. The second kappa shape index (κ2) is 6.07. The summed E-state index contributed by atoms with van der Waals surface area (Å²) in [6.45, 7) is 1.80. The topological polar surface area (TPSA) is 36.3 Å². The van der Waals surface area contributed by atoms with Gasteiger partial charge in [-0.2, -0.15) is 5.26 Å². The third-order valence-corrected chi connectivity index (χ3v) is 3.84. The minimum absolute atomic E-state index is 0.166. The zero-order valence-electron chi connectivity index (χ0n) is 11.5. The van der Waals surface area contributed by atoms with Crippen LogP contribution in [0.25, 0.3) is 0 Å². The van der Waals surface area contributed by atoms with E-state index >= 15 is 0 Å². The SMILES string of the molecule is N#Cc1ccc(N2CCC(Oc3cccc(Cl)c3)C2)cc1. The van der Waals surface area contributed by atoms with Gasteiger partial charge in [-0.1, -0.05) is 17.7 Å². The Morgan fingerprint density at radius 2 is 2.00 bits per heavy atom. The Morgan fingerprint density at radius 3 is 2.71 bits per heavy atom. The first-order valence-corrected chi connectivity index (χ1v) is 7.30. The Morgan fingerprint density at radius 1 is 1.19 bits per heavy atom. The van der Waals surface area contributed by atoms with Gasteiger partial charge < -0.3 is 9.64 Å². The Hall–Kier alpha value is -2.18. The van der Waals surface area contributed by atoms with Crippen molar-refractivity contribution >= 4 is 17.3 Å². The van der Waals surface area contributed by atoms with Crippen LogP contribution in [0.3, 0.4) is 0 Å². The fourth-order valence-electron chi connectivity index (χ4n) is 2.54. The largest absolute Gasteiger partial charge is 0.488 e. The van der Waals surface area contributed by atoms with Gasteiger partial charge in [-0.25, -0.2) is 0 Å². The monoisotopic (exact) mass is 298 g/mol. The van der Waals surface area contributed by atoms with Gasteiger partial charge in [0.15, 0.2) is 0 Å². The van der Waals surface area contributed by atoms with Gasteiger partial charge in [0.1, 0.15) is 11.9 Å². The van der Waals surface area contributed by atoms with Crippen LogP contribution < -0.4 is 9.64 Å². The van der Waals surface area contributed by atoms with Crippen LogP contribution in [0, 0.1) is 11.3 Å². The van der Waals surface area contributed by atoms with Crippen LogP contribution in [0.5, 0.6) is 5.75 Å². The first kappa shape index (κ1) is 13.8. The smallest absolute Gasteiger partial charge is 0.121 e. The van der Waals surface area contributed by atoms with Crippen molar-refractivity contribution in [3.05, 3.63) is 59.1 Å². The van der Waals surface area contributed by atoms with Gasteiger partial charge in [0, 0.05) is 23.7 Å². The third-order valence-electron chi connectivity index (χ3n) is 3.61. The summed E-state index contributed by atoms with van der Waals surface area (Å²) in [6.07, 6.45) is 1.14. The zero-order valence-corrected chi connectivity index (χ0v) is 12.3. The molecular weight excluding hydrogens is 284 g/mol. The standard InChI is InChI=1S/C17H15ClN2O/c18-14-2-1-3-16(10-14)21-17-8-9-20(12-17)15-6-4-13(11-19)5-7-15/h1-7,10,17H,8-9,12H2. The molecule has 1 saturated heterocycles. The van der Waals surface area contributed by atoms with Crippen LogP contribution in [0.1, 0.15) is 12.0 Å². The molecule has 21 heavy (non-hydrogen) atoms. The molecule has 0 radical (unpaired) electrons.